The van der Waals surface area contributed by atoms with Gasteiger partial charge in [0.05, 0.1) is 21.6 Å². The molecule has 0 aromatic heterocycles. The predicted octanol–water partition coefficient (Wildman–Crippen LogP) is 5.45. The predicted molar refractivity (Wildman–Crippen MR) is 109 cm³/mol. The maximum atomic E-state index is 13.4. The van der Waals surface area contributed by atoms with E-state index >= 15 is 0 Å². The highest BCUT2D eigenvalue weighted by Gasteiger charge is 2.54. The van der Waals surface area contributed by atoms with Gasteiger partial charge in [0.2, 0.25) is 0 Å². The van der Waals surface area contributed by atoms with Crippen LogP contribution >= 0.6 is 23.8 Å². The maximum absolute atomic E-state index is 13.4. The zero-order chi connectivity index (χ0) is 22.0. The molecular formula is C19H15ClF3N3O3S. The molecule has 11 heteroatoms. The molecule has 2 bridgehead atoms. The summed E-state index contributed by atoms with van der Waals surface area (Å²) in [6.07, 6.45) is -4.63. The fourth-order valence-electron chi connectivity index (χ4n) is 3.97. The van der Waals surface area contributed by atoms with Crippen molar-refractivity contribution in [2.24, 2.45) is 5.92 Å². The summed E-state index contributed by atoms with van der Waals surface area (Å²) in [4.78, 5) is 12.1. The monoisotopic (exact) mass is 457 g/mol. The van der Waals surface area contributed by atoms with Crippen molar-refractivity contribution in [1.29, 1.82) is 0 Å². The standard InChI is InChI=1S/C19H15ClF3N3O3S/c1-9-16-12-7-11(26(27)28)4-6-15(12)29-18(9,2)25(17(30)24-16)10-3-5-14(20)13(8-10)19(21,22)23/h3-9,16H,1-2H3,(H,24,30)/t9-,16+,18-/m0/s1. The third kappa shape index (κ3) is 3.05. The van der Waals surface area contributed by atoms with Gasteiger partial charge in [0.15, 0.2) is 10.8 Å². The summed E-state index contributed by atoms with van der Waals surface area (Å²) >= 11 is 11.2. The first-order chi connectivity index (χ1) is 13.9. The van der Waals surface area contributed by atoms with Gasteiger partial charge in [0.25, 0.3) is 5.69 Å². The minimum atomic E-state index is -4.63. The van der Waals surface area contributed by atoms with Crippen molar-refractivity contribution in [2.75, 3.05) is 4.90 Å². The summed E-state index contributed by atoms with van der Waals surface area (Å²) in [5, 5.41) is 14.0. The lowest BCUT2D eigenvalue weighted by molar-refractivity contribution is -0.385. The largest absolute Gasteiger partial charge is 0.467 e. The molecule has 0 unspecified atom stereocenters. The molecule has 2 aromatic rings. The van der Waals surface area contributed by atoms with E-state index < -0.39 is 33.5 Å². The number of fused-ring (bicyclic) bond motifs is 4. The van der Waals surface area contributed by atoms with Crippen molar-refractivity contribution >= 4 is 40.3 Å². The zero-order valence-corrected chi connectivity index (χ0v) is 17.2. The Balaban J connectivity index is 1.83. The first-order valence-corrected chi connectivity index (χ1v) is 9.67. The molecule has 3 atom stereocenters. The van der Waals surface area contributed by atoms with Gasteiger partial charge in [-0.3, -0.25) is 15.0 Å². The van der Waals surface area contributed by atoms with Crippen LogP contribution in [-0.4, -0.2) is 15.8 Å². The molecule has 0 amide bonds. The van der Waals surface area contributed by atoms with Crippen molar-refractivity contribution in [3.8, 4) is 5.75 Å². The molecule has 2 heterocycles. The number of nitrogens with zero attached hydrogens (tertiary/aromatic N) is 2. The quantitative estimate of drug-likeness (QED) is 0.367. The first-order valence-electron chi connectivity index (χ1n) is 8.88. The summed E-state index contributed by atoms with van der Waals surface area (Å²) in [6.45, 7) is 3.57. The van der Waals surface area contributed by atoms with Crippen LogP contribution in [0.2, 0.25) is 5.02 Å². The number of anilines is 1. The Labute approximate surface area is 179 Å². The second-order valence-corrected chi connectivity index (χ2v) is 8.14. The van der Waals surface area contributed by atoms with Crippen LogP contribution in [0.1, 0.15) is 31.0 Å². The van der Waals surface area contributed by atoms with Gasteiger partial charge in [-0.25, -0.2) is 0 Å². The van der Waals surface area contributed by atoms with Gasteiger partial charge >= 0.3 is 6.18 Å². The van der Waals surface area contributed by atoms with Crippen molar-refractivity contribution < 1.29 is 22.8 Å². The van der Waals surface area contributed by atoms with Gasteiger partial charge in [-0.15, -0.1) is 0 Å². The molecular weight excluding hydrogens is 443 g/mol. The number of alkyl halides is 3. The summed E-state index contributed by atoms with van der Waals surface area (Å²) in [6, 6.07) is 7.37. The van der Waals surface area contributed by atoms with Crippen LogP contribution in [0.25, 0.3) is 0 Å². The van der Waals surface area contributed by atoms with Crippen LogP contribution in [0.15, 0.2) is 36.4 Å². The Bertz CT molecular complexity index is 1080. The normalized spacial score (nSPS) is 25.3. The number of thiocarbonyl (C=S) groups is 1. The van der Waals surface area contributed by atoms with Gasteiger partial charge < -0.3 is 10.1 Å². The average Bonchev–Trinajstić information content (AvgIpc) is 2.64. The molecule has 6 nitrogen and oxygen atoms in total. The Morgan fingerprint density at radius 2 is 2.00 bits per heavy atom. The summed E-state index contributed by atoms with van der Waals surface area (Å²) in [5.74, 6) is 0.0833. The van der Waals surface area contributed by atoms with Crippen molar-refractivity contribution in [3.63, 3.8) is 0 Å². The van der Waals surface area contributed by atoms with Crippen molar-refractivity contribution in [2.45, 2.75) is 31.8 Å². The van der Waals surface area contributed by atoms with E-state index in [-0.39, 0.29) is 22.4 Å². The van der Waals surface area contributed by atoms with E-state index in [1.165, 1.54) is 35.2 Å². The number of rotatable bonds is 2. The van der Waals surface area contributed by atoms with Crippen LogP contribution in [0, 0.1) is 16.0 Å². The topological polar surface area (TPSA) is 67.6 Å². The number of non-ortho nitro benzene ring substituents is 1. The van der Waals surface area contributed by atoms with E-state index in [1.54, 1.807) is 6.92 Å². The molecule has 1 N–H and O–H groups in total. The number of halogens is 4. The summed E-state index contributed by atoms with van der Waals surface area (Å²) in [7, 11) is 0. The average molecular weight is 458 g/mol. The first kappa shape index (κ1) is 20.7. The van der Waals surface area contributed by atoms with E-state index in [2.05, 4.69) is 5.32 Å². The Hall–Kier alpha value is -2.59. The molecule has 0 spiro atoms. The van der Waals surface area contributed by atoms with Gasteiger partial charge in [-0.1, -0.05) is 18.5 Å². The molecule has 4 rings (SSSR count). The van der Waals surface area contributed by atoms with Crippen molar-refractivity contribution in [1.82, 2.24) is 5.32 Å². The van der Waals surface area contributed by atoms with E-state index in [0.29, 0.717) is 11.3 Å². The molecule has 2 aromatic carbocycles. The smallest absolute Gasteiger partial charge is 0.417 e. The number of hydrogen-bond acceptors (Lipinski definition) is 4. The molecule has 0 aliphatic carbocycles. The van der Waals surface area contributed by atoms with E-state index in [9.17, 15) is 23.3 Å². The van der Waals surface area contributed by atoms with E-state index in [4.69, 9.17) is 28.6 Å². The minimum Gasteiger partial charge on any atom is -0.467 e. The highest BCUT2D eigenvalue weighted by Crippen LogP contribution is 2.50. The minimum absolute atomic E-state index is 0.0872. The summed E-state index contributed by atoms with van der Waals surface area (Å²) in [5.41, 5.74) is -1.46. The van der Waals surface area contributed by atoms with Gasteiger partial charge in [0, 0.05) is 29.3 Å². The third-order valence-electron chi connectivity index (χ3n) is 5.64. The van der Waals surface area contributed by atoms with E-state index in [0.717, 1.165) is 6.07 Å². The fourth-order valence-corrected chi connectivity index (χ4v) is 4.61. The van der Waals surface area contributed by atoms with Gasteiger partial charge in [0.1, 0.15) is 5.75 Å². The van der Waals surface area contributed by atoms with Crippen LogP contribution < -0.4 is 15.0 Å². The Kier molecular flexibility index (Phi) is 4.62. The molecule has 1 saturated heterocycles. The maximum Gasteiger partial charge on any atom is 0.417 e. The number of nitro groups is 1. The van der Waals surface area contributed by atoms with Crippen LogP contribution in [0.3, 0.4) is 0 Å². The molecule has 30 heavy (non-hydrogen) atoms. The van der Waals surface area contributed by atoms with Crippen LogP contribution in [-0.2, 0) is 6.18 Å². The SMILES string of the molecule is C[C@H]1[C@H]2NC(=S)N(c3ccc(Cl)c(C(F)(F)F)c3)[C@@]1(C)Oc1ccc([N+](=O)[O-])cc12. The summed E-state index contributed by atoms with van der Waals surface area (Å²) < 4.78 is 46.3. The second kappa shape index (κ2) is 6.71. The highest BCUT2D eigenvalue weighted by atomic mass is 35.5. The Morgan fingerprint density at radius 1 is 1.30 bits per heavy atom. The van der Waals surface area contributed by atoms with Crippen LogP contribution in [0.4, 0.5) is 24.5 Å². The van der Waals surface area contributed by atoms with Crippen LogP contribution in [0.5, 0.6) is 5.75 Å². The lowest BCUT2D eigenvalue weighted by atomic mass is 9.80. The second-order valence-electron chi connectivity index (χ2n) is 7.35. The number of ether oxygens (including phenoxy) is 1. The molecule has 158 valence electrons. The van der Waals surface area contributed by atoms with Gasteiger partial charge in [-0.05, 0) is 43.4 Å². The van der Waals surface area contributed by atoms with E-state index in [1.807, 2.05) is 6.92 Å². The van der Waals surface area contributed by atoms with Gasteiger partial charge in [-0.2, -0.15) is 13.2 Å². The highest BCUT2D eigenvalue weighted by molar-refractivity contribution is 7.80. The molecule has 0 saturated carbocycles. The molecule has 1 fully saturated rings. The zero-order valence-electron chi connectivity index (χ0n) is 15.7. The number of nitro benzene ring substituents is 1. The number of benzene rings is 2. The van der Waals surface area contributed by atoms with Crippen molar-refractivity contribution in [3.05, 3.63) is 62.7 Å². The fraction of sp³-hybridized carbons (Fsp3) is 0.316. The lowest BCUT2D eigenvalue weighted by Crippen LogP contribution is -2.69. The molecule has 0 radical (unpaired) electrons. The Morgan fingerprint density at radius 3 is 2.63 bits per heavy atom. The lowest BCUT2D eigenvalue weighted by Gasteiger charge is -2.56. The number of nitrogens with one attached hydrogen (secondary N) is 1. The number of hydrogen-bond donors (Lipinski definition) is 1. The molecule has 2 aliphatic rings. The third-order valence-corrected chi connectivity index (χ3v) is 6.27. The molecule has 2 aliphatic heterocycles.